The Morgan fingerprint density at radius 3 is 2.50 bits per heavy atom. The van der Waals surface area contributed by atoms with E-state index in [0.717, 1.165) is 17.8 Å². The Balaban J connectivity index is 2.11. The minimum atomic E-state index is 0.419. The van der Waals surface area contributed by atoms with Crippen LogP contribution in [0.2, 0.25) is 0 Å². The van der Waals surface area contributed by atoms with E-state index in [-0.39, 0.29) is 0 Å². The predicted octanol–water partition coefficient (Wildman–Crippen LogP) is 4.58. The molecule has 0 nitrogen and oxygen atoms in total. The Bertz CT molecular complexity index is 373. The summed E-state index contributed by atoms with van der Waals surface area (Å²) in [6.07, 6.45) is 5.29. The third-order valence-electron chi connectivity index (χ3n) is 6.04. The molecule has 88 valence electrons. The van der Waals surface area contributed by atoms with Crippen molar-refractivity contribution < 1.29 is 0 Å². The second kappa shape index (κ2) is 2.83. The standard InChI is InChI=1S/C16H24/c1-10-6-7-12-11(2)16(5)9-8-15(3,4)14(16)13(10)12/h12-14H,1-2,6-9H2,3-5H3/t12-,13-,14-,16-/m0/s1. The second-order valence-electron chi connectivity index (χ2n) is 7.24. The third-order valence-corrected chi connectivity index (χ3v) is 6.04. The van der Waals surface area contributed by atoms with Gasteiger partial charge in [-0.2, -0.15) is 0 Å². The zero-order valence-electron chi connectivity index (χ0n) is 11.0. The van der Waals surface area contributed by atoms with Gasteiger partial charge in [0.1, 0.15) is 0 Å². The maximum absolute atomic E-state index is 4.47. The van der Waals surface area contributed by atoms with Gasteiger partial charge in [0.2, 0.25) is 0 Å². The summed E-state index contributed by atoms with van der Waals surface area (Å²) in [5.74, 6) is 2.34. The molecule has 3 rings (SSSR count). The summed E-state index contributed by atoms with van der Waals surface area (Å²) in [6, 6.07) is 0. The molecule has 0 N–H and O–H groups in total. The molecule has 0 heterocycles. The van der Waals surface area contributed by atoms with Crippen LogP contribution in [0.3, 0.4) is 0 Å². The van der Waals surface area contributed by atoms with Crippen molar-refractivity contribution in [3.8, 4) is 0 Å². The van der Waals surface area contributed by atoms with E-state index < -0.39 is 0 Å². The smallest absolute Gasteiger partial charge is 0.00766 e. The summed E-state index contributed by atoms with van der Waals surface area (Å²) in [6.45, 7) is 16.2. The average molecular weight is 216 g/mol. The Labute approximate surface area is 99.8 Å². The summed E-state index contributed by atoms with van der Waals surface area (Å²) in [4.78, 5) is 0. The minimum Gasteiger partial charge on any atom is -0.0995 e. The fraction of sp³-hybridized carbons (Fsp3) is 0.750. The highest BCUT2D eigenvalue weighted by molar-refractivity contribution is 5.35. The van der Waals surface area contributed by atoms with E-state index in [4.69, 9.17) is 0 Å². The molecule has 0 bridgehead atoms. The van der Waals surface area contributed by atoms with Gasteiger partial charge in [0, 0.05) is 0 Å². The molecule has 3 saturated carbocycles. The molecule has 4 atom stereocenters. The first-order valence-corrected chi connectivity index (χ1v) is 6.75. The summed E-state index contributed by atoms with van der Waals surface area (Å²) in [5, 5.41) is 0. The molecule has 0 amide bonds. The molecule has 0 aromatic rings. The molecule has 0 heteroatoms. The largest absolute Gasteiger partial charge is 0.0995 e. The second-order valence-corrected chi connectivity index (χ2v) is 7.24. The van der Waals surface area contributed by atoms with E-state index in [1.54, 1.807) is 5.57 Å². The molecule has 3 fully saturated rings. The predicted molar refractivity (Wildman–Crippen MR) is 69.1 cm³/mol. The Morgan fingerprint density at radius 2 is 1.81 bits per heavy atom. The van der Waals surface area contributed by atoms with Gasteiger partial charge >= 0.3 is 0 Å². The zero-order chi connectivity index (χ0) is 11.7. The van der Waals surface area contributed by atoms with Crippen LogP contribution in [0.25, 0.3) is 0 Å². The first-order chi connectivity index (χ1) is 7.38. The molecule has 16 heavy (non-hydrogen) atoms. The maximum Gasteiger partial charge on any atom is -0.00766 e. The van der Waals surface area contributed by atoms with Crippen LogP contribution in [0.5, 0.6) is 0 Å². The summed E-state index contributed by atoms with van der Waals surface area (Å²) in [7, 11) is 0. The van der Waals surface area contributed by atoms with Crippen molar-refractivity contribution in [2.45, 2.75) is 46.5 Å². The lowest BCUT2D eigenvalue weighted by Crippen LogP contribution is -2.30. The molecule has 0 saturated heterocycles. The quantitative estimate of drug-likeness (QED) is 0.520. The zero-order valence-corrected chi connectivity index (χ0v) is 11.0. The topological polar surface area (TPSA) is 0 Å². The summed E-state index contributed by atoms with van der Waals surface area (Å²) < 4.78 is 0. The lowest BCUT2D eigenvalue weighted by molar-refractivity contribution is 0.155. The van der Waals surface area contributed by atoms with Crippen LogP contribution in [0.4, 0.5) is 0 Å². The van der Waals surface area contributed by atoms with E-state index in [9.17, 15) is 0 Å². The lowest BCUT2D eigenvalue weighted by Gasteiger charge is -2.36. The normalized spacial score (nSPS) is 49.6. The van der Waals surface area contributed by atoms with Crippen molar-refractivity contribution in [1.82, 2.24) is 0 Å². The van der Waals surface area contributed by atoms with Crippen molar-refractivity contribution in [2.75, 3.05) is 0 Å². The van der Waals surface area contributed by atoms with Gasteiger partial charge in [0.15, 0.2) is 0 Å². The molecule has 3 aliphatic carbocycles. The van der Waals surface area contributed by atoms with Crippen LogP contribution in [0, 0.1) is 28.6 Å². The SMILES string of the molecule is C=C1CC[C@H]2C(=C)[C@]3(C)CCC(C)(C)[C@@H]3[C@@H]12. The van der Waals surface area contributed by atoms with Gasteiger partial charge in [-0.25, -0.2) is 0 Å². The number of fused-ring (bicyclic) bond motifs is 3. The van der Waals surface area contributed by atoms with Crippen molar-refractivity contribution >= 4 is 0 Å². The highest BCUT2D eigenvalue weighted by Crippen LogP contribution is 2.71. The van der Waals surface area contributed by atoms with E-state index >= 15 is 0 Å². The molecule has 0 aliphatic heterocycles. The summed E-state index contributed by atoms with van der Waals surface area (Å²) >= 11 is 0. The van der Waals surface area contributed by atoms with Crippen LogP contribution >= 0.6 is 0 Å². The molecular formula is C16H24. The van der Waals surface area contributed by atoms with Crippen molar-refractivity contribution in [3.05, 3.63) is 24.3 Å². The van der Waals surface area contributed by atoms with E-state index in [2.05, 4.69) is 33.9 Å². The molecule has 0 radical (unpaired) electrons. The number of hydrogen-bond donors (Lipinski definition) is 0. The lowest BCUT2D eigenvalue weighted by atomic mass is 9.68. The van der Waals surface area contributed by atoms with Gasteiger partial charge in [-0.1, -0.05) is 45.1 Å². The van der Waals surface area contributed by atoms with Crippen LogP contribution in [-0.2, 0) is 0 Å². The minimum absolute atomic E-state index is 0.419. The molecule has 0 spiro atoms. The Hall–Kier alpha value is -0.520. The van der Waals surface area contributed by atoms with E-state index in [0.29, 0.717) is 10.8 Å². The highest BCUT2D eigenvalue weighted by atomic mass is 14.7. The van der Waals surface area contributed by atoms with Gasteiger partial charge < -0.3 is 0 Å². The fourth-order valence-corrected chi connectivity index (χ4v) is 5.25. The van der Waals surface area contributed by atoms with Gasteiger partial charge in [-0.15, -0.1) is 0 Å². The maximum atomic E-state index is 4.47. The van der Waals surface area contributed by atoms with Gasteiger partial charge in [0.05, 0.1) is 0 Å². The number of hydrogen-bond acceptors (Lipinski definition) is 0. The van der Waals surface area contributed by atoms with E-state index in [1.807, 2.05) is 0 Å². The van der Waals surface area contributed by atoms with Gasteiger partial charge in [0.25, 0.3) is 0 Å². The van der Waals surface area contributed by atoms with Crippen LogP contribution < -0.4 is 0 Å². The van der Waals surface area contributed by atoms with Gasteiger partial charge in [-0.05, 0) is 54.3 Å². The molecule has 3 aliphatic rings. The number of rotatable bonds is 0. The summed E-state index contributed by atoms with van der Waals surface area (Å²) in [5.41, 5.74) is 3.99. The van der Waals surface area contributed by atoms with Crippen LogP contribution in [0.15, 0.2) is 24.3 Å². The molecule has 0 unspecified atom stereocenters. The molecule has 0 aromatic carbocycles. The van der Waals surface area contributed by atoms with Crippen molar-refractivity contribution in [1.29, 1.82) is 0 Å². The Kier molecular flexibility index (Phi) is 1.88. The third kappa shape index (κ3) is 1.02. The van der Waals surface area contributed by atoms with Crippen molar-refractivity contribution in [2.24, 2.45) is 28.6 Å². The first kappa shape index (κ1) is 10.6. The first-order valence-electron chi connectivity index (χ1n) is 6.75. The van der Waals surface area contributed by atoms with E-state index in [1.165, 1.54) is 31.3 Å². The molecule has 0 aromatic heterocycles. The number of allylic oxidation sites excluding steroid dienone is 2. The highest BCUT2D eigenvalue weighted by Gasteiger charge is 2.63. The Morgan fingerprint density at radius 1 is 1.12 bits per heavy atom. The van der Waals surface area contributed by atoms with Gasteiger partial charge in [-0.3, -0.25) is 0 Å². The van der Waals surface area contributed by atoms with Crippen molar-refractivity contribution in [3.63, 3.8) is 0 Å². The monoisotopic (exact) mass is 216 g/mol. The average Bonchev–Trinajstić information content (AvgIpc) is 2.73. The van der Waals surface area contributed by atoms with Crippen LogP contribution in [-0.4, -0.2) is 0 Å². The fourth-order valence-electron chi connectivity index (χ4n) is 5.25. The van der Waals surface area contributed by atoms with Crippen LogP contribution in [0.1, 0.15) is 46.5 Å². The molecular weight excluding hydrogens is 192 g/mol.